The van der Waals surface area contributed by atoms with Crippen LogP contribution in [0.5, 0.6) is 5.88 Å². The van der Waals surface area contributed by atoms with Gasteiger partial charge in [0, 0.05) is 6.54 Å². The Bertz CT molecular complexity index is 269. The van der Waals surface area contributed by atoms with E-state index >= 15 is 0 Å². The van der Waals surface area contributed by atoms with E-state index in [0.29, 0.717) is 12.4 Å². The molecule has 0 saturated heterocycles. The summed E-state index contributed by atoms with van der Waals surface area (Å²) in [6.07, 6.45) is 5.86. The molecule has 0 aromatic carbocycles. The van der Waals surface area contributed by atoms with Gasteiger partial charge in [0.1, 0.15) is 0 Å². The maximum absolute atomic E-state index is 5.41. The second-order valence-electron chi connectivity index (χ2n) is 3.30. The number of nitrogens with zero attached hydrogens (tertiary/aromatic N) is 2. The maximum Gasteiger partial charge on any atom is 0.232 e. The van der Waals surface area contributed by atoms with E-state index in [9.17, 15) is 0 Å². The number of hydrogen-bond donors (Lipinski definition) is 1. The van der Waals surface area contributed by atoms with Crippen molar-refractivity contribution >= 4 is 0 Å². The van der Waals surface area contributed by atoms with Crippen LogP contribution in [0.3, 0.4) is 0 Å². The molecule has 2 rings (SSSR count). The van der Waals surface area contributed by atoms with Gasteiger partial charge in [0.25, 0.3) is 0 Å². The van der Waals surface area contributed by atoms with Crippen molar-refractivity contribution in [1.82, 2.24) is 9.97 Å². The number of ether oxygens (including phenoxy) is 1. The maximum atomic E-state index is 5.41. The Labute approximate surface area is 77.1 Å². The molecule has 0 aliphatic heterocycles. The van der Waals surface area contributed by atoms with Crippen molar-refractivity contribution in [1.29, 1.82) is 0 Å². The number of hydrogen-bond acceptors (Lipinski definition) is 4. The van der Waals surface area contributed by atoms with Crippen LogP contribution >= 0.6 is 0 Å². The Morgan fingerprint density at radius 2 is 2.23 bits per heavy atom. The van der Waals surface area contributed by atoms with Crippen LogP contribution in [0.25, 0.3) is 0 Å². The summed E-state index contributed by atoms with van der Waals surface area (Å²) >= 11 is 0. The lowest BCUT2D eigenvalue weighted by Gasteiger charge is -2.03. The van der Waals surface area contributed by atoms with Crippen molar-refractivity contribution in [3.8, 4) is 5.88 Å². The van der Waals surface area contributed by atoms with E-state index in [2.05, 4.69) is 9.97 Å². The van der Waals surface area contributed by atoms with Crippen LogP contribution in [-0.4, -0.2) is 16.6 Å². The van der Waals surface area contributed by atoms with Crippen LogP contribution in [0, 0.1) is 5.92 Å². The molecule has 1 aromatic heterocycles. The molecule has 0 spiro atoms. The fraction of sp³-hybridized carbons (Fsp3) is 0.556. The molecule has 1 aromatic rings. The SMILES string of the molecule is NCc1cnc(OCC2CC2)cn1. The van der Waals surface area contributed by atoms with Crippen LogP contribution in [0.2, 0.25) is 0 Å². The zero-order valence-corrected chi connectivity index (χ0v) is 7.44. The molecule has 70 valence electrons. The molecule has 1 aliphatic carbocycles. The van der Waals surface area contributed by atoms with Crippen molar-refractivity contribution in [3.63, 3.8) is 0 Å². The Morgan fingerprint density at radius 3 is 2.77 bits per heavy atom. The summed E-state index contributed by atoms with van der Waals surface area (Å²) in [6.45, 7) is 1.20. The van der Waals surface area contributed by atoms with Gasteiger partial charge in [-0.15, -0.1) is 0 Å². The minimum Gasteiger partial charge on any atom is -0.476 e. The summed E-state index contributed by atoms with van der Waals surface area (Å²) in [5.74, 6) is 1.35. The van der Waals surface area contributed by atoms with Gasteiger partial charge >= 0.3 is 0 Å². The number of aromatic nitrogens is 2. The average Bonchev–Trinajstić information content (AvgIpc) is 2.99. The molecule has 0 amide bonds. The van der Waals surface area contributed by atoms with Gasteiger partial charge in [-0.2, -0.15) is 0 Å². The minimum atomic E-state index is 0.426. The van der Waals surface area contributed by atoms with Gasteiger partial charge in [0.2, 0.25) is 5.88 Å². The molecular formula is C9H13N3O. The van der Waals surface area contributed by atoms with Crippen LogP contribution in [-0.2, 0) is 6.54 Å². The highest BCUT2D eigenvalue weighted by molar-refractivity contribution is 5.07. The summed E-state index contributed by atoms with van der Waals surface area (Å²) in [5, 5.41) is 0. The molecule has 2 N–H and O–H groups in total. The zero-order chi connectivity index (χ0) is 9.10. The Hall–Kier alpha value is -1.16. The smallest absolute Gasteiger partial charge is 0.232 e. The van der Waals surface area contributed by atoms with Gasteiger partial charge in [-0.1, -0.05) is 0 Å². The van der Waals surface area contributed by atoms with E-state index in [-0.39, 0.29) is 0 Å². The normalized spacial score (nSPS) is 15.8. The zero-order valence-electron chi connectivity index (χ0n) is 7.44. The molecule has 1 fully saturated rings. The lowest BCUT2D eigenvalue weighted by atomic mass is 10.4. The van der Waals surface area contributed by atoms with Gasteiger partial charge in [-0.05, 0) is 18.8 Å². The van der Waals surface area contributed by atoms with Gasteiger partial charge in [-0.3, -0.25) is 4.98 Å². The third kappa shape index (κ3) is 2.39. The van der Waals surface area contributed by atoms with Crippen molar-refractivity contribution in [2.75, 3.05) is 6.61 Å². The third-order valence-corrected chi connectivity index (χ3v) is 2.05. The lowest BCUT2D eigenvalue weighted by molar-refractivity contribution is 0.287. The first-order chi connectivity index (χ1) is 6.38. The molecule has 1 aliphatic rings. The van der Waals surface area contributed by atoms with Crippen molar-refractivity contribution in [2.45, 2.75) is 19.4 Å². The predicted octanol–water partition coefficient (Wildman–Crippen LogP) is 0.724. The Balaban J connectivity index is 1.88. The summed E-state index contributed by atoms with van der Waals surface area (Å²) in [5.41, 5.74) is 6.18. The van der Waals surface area contributed by atoms with Gasteiger partial charge in [0.05, 0.1) is 24.7 Å². The molecule has 13 heavy (non-hydrogen) atoms. The van der Waals surface area contributed by atoms with Gasteiger partial charge in [0.15, 0.2) is 0 Å². The quantitative estimate of drug-likeness (QED) is 0.740. The molecule has 0 radical (unpaired) electrons. The summed E-state index contributed by atoms with van der Waals surface area (Å²) in [4.78, 5) is 8.17. The fourth-order valence-electron chi connectivity index (χ4n) is 1.01. The van der Waals surface area contributed by atoms with Gasteiger partial charge < -0.3 is 10.5 Å². The highest BCUT2D eigenvalue weighted by atomic mass is 16.5. The van der Waals surface area contributed by atoms with E-state index in [0.717, 1.165) is 18.2 Å². The van der Waals surface area contributed by atoms with Crippen LogP contribution in [0.15, 0.2) is 12.4 Å². The second kappa shape index (κ2) is 3.70. The molecule has 0 bridgehead atoms. The average molecular weight is 179 g/mol. The standard InChI is InChI=1S/C9H13N3O/c10-3-8-4-12-9(5-11-8)13-6-7-1-2-7/h4-5,7H,1-3,6,10H2. The lowest BCUT2D eigenvalue weighted by Crippen LogP contribution is -2.04. The summed E-state index contributed by atoms with van der Waals surface area (Å²) in [6, 6.07) is 0. The topological polar surface area (TPSA) is 61.0 Å². The van der Waals surface area contributed by atoms with Crippen LogP contribution in [0.4, 0.5) is 0 Å². The molecule has 0 unspecified atom stereocenters. The van der Waals surface area contributed by atoms with Crippen LogP contribution < -0.4 is 10.5 Å². The Morgan fingerprint density at radius 1 is 1.38 bits per heavy atom. The first kappa shape index (κ1) is 8.44. The molecule has 4 heteroatoms. The number of nitrogens with two attached hydrogens (primary N) is 1. The second-order valence-corrected chi connectivity index (χ2v) is 3.30. The van der Waals surface area contributed by atoms with E-state index in [4.69, 9.17) is 10.5 Å². The highest BCUT2D eigenvalue weighted by Crippen LogP contribution is 2.28. The first-order valence-corrected chi connectivity index (χ1v) is 4.52. The van der Waals surface area contributed by atoms with E-state index in [1.54, 1.807) is 12.4 Å². The summed E-state index contributed by atoms with van der Waals surface area (Å²) < 4.78 is 5.41. The van der Waals surface area contributed by atoms with Gasteiger partial charge in [-0.25, -0.2) is 4.98 Å². The van der Waals surface area contributed by atoms with Crippen molar-refractivity contribution in [2.24, 2.45) is 11.7 Å². The Kier molecular flexibility index (Phi) is 2.40. The fourth-order valence-corrected chi connectivity index (χ4v) is 1.01. The van der Waals surface area contributed by atoms with E-state index in [1.165, 1.54) is 12.8 Å². The largest absolute Gasteiger partial charge is 0.476 e. The molecular weight excluding hydrogens is 166 g/mol. The molecule has 1 saturated carbocycles. The number of rotatable bonds is 4. The van der Waals surface area contributed by atoms with Crippen LogP contribution in [0.1, 0.15) is 18.5 Å². The molecule has 0 atom stereocenters. The minimum absolute atomic E-state index is 0.426. The molecule has 4 nitrogen and oxygen atoms in total. The van der Waals surface area contributed by atoms with Crippen molar-refractivity contribution < 1.29 is 4.74 Å². The van der Waals surface area contributed by atoms with E-state index in [1.807, 2.05) is 0 Å². The monoisotopic (exact) mass is 179 g/mol. The third-order valence-electron chi connectivity index (χ3n) is 2.05. The summed E-state index contributed by atoms with van der Waals surface area (Å²) in [7, 11) is 0. The van der Waals surface area contributed by atoms with Crippen molar-refractivity contribution in [3.05, 3.63) is 18.1 Å². The first-order valence-electron chi connectivity index (χ1n) is 4.52. The predicted molar refractivity (Wildman–Crippen MR) is 48.1 cm³/mol. The van der Waals surface area contributed by atoms with E-state index < -0.39 is 0 Å². The molecule has 1 heterocycles. The highest BCUT2D eigenvalue weighted by Gasteiger charge is 2.22.